The maximum absolute atomic E-state index is 6.18. The zero-order chi connectivity index (χ0) is 16.6. The van der Waals surface area contributed by atoms with E-state index in [0.717, 1.165) is 34.1 Å². The van der Waals surface area contributed by atoms with Crippen molar-refractivity contribution in [3.63, 3.8) is 0 Å². The highest BCUT2D eigenvalue weighted by Crippen LogP contribution is 2.41. The molecule has 0 radical (unpaired) electrons. The minimum Gasteiger partial charge on any atom is -0.483 e. The summed E-state index contributed by atoms with van der Waals surface area (Å²) in [5.74, 6) is 0.915. The third-order valence-corrected chi connectivity index (χ3v) is 4.41. The van der Waals surface area contributed by atoms with Gasteiger partial charge in [0.1, 0.15) is 11.4 Å². The first-order valence-corrected chi connectivity index (χ1v) is 8.34. The monoisotopic (exact) mass is 327 g/mol. The second-order valence-electron chi connectivity index (χ2n) is 6.47. The second-order valence-corrected chi connectivity index (χ2v) is 6.88. The number of aryl methyl sites for hydroxylation is 1. The summed E-state index contributed by atoms with van der Waals surface area (Å²) in [6, 6.07) is 12.5. The first-order valence-electron chi connectivity index (χ1n) is 7.96. The van der Waals surface area contributed by atoms with E-state index in [0.29, 0.717) is 0 Å². The molecule has 1 N–H and O–H groups in total. The second kappa shape index (κ2) is 5.93. The lowest BCUT2D eigenvalue weighted by Gasteiger charge is -2.32. The molecule has 0 aliphatic carbocycles. The van der Waals surface area contributed by atoms with Gasteiger partial charge in [-0.15, -0.1) is 0 Å². The van der Waals surface area contributed by atoms with Gasteiger partial charge in [-0.05, 0) is 74.7 Å². The van der Waals surface area contributed by atoms with Gasteiger partial charge in [-0.1, -0.05) is 17.7 Å². The number of ether oxygens (including phenoxy) is 1. The fourth-order valence-electron chi connectivity index (χ4n) is 2.93. The first kappa shape index (κ1) is 15.9. The van der Waals surface area contributed by atoms with Gasteiger partial charge in [0.05, 0.1) is 0 Å². The Kier molecular flexibility index (Phi) is 4.11. The van der Waals surface area contributed by atoms with Crippen molar-refractivity contribution in [1.82, 2.24) is 0 Å². The molecule has 1 aliphatic rings. The lowest BCUT2D eigenvalue weighted by atomic mass is 9.89. The van der Waals surface area contributed by atoms with E-state index in [1.165, 1.54) is 11.1 Å². The summed E-state index contributed by atoms with van der Waals surface area (Å²) >= 11 is 6.18. The summed E-state index contributed by atoms with van der Waals surface area (Å²) in [4.78, 5) is 0. The fourth-order valence-corrected chi connectivity index (χ4v) is 3.05. The first-order chi connectivity index (χ1) is 10.9. The molecular formula is C20H22ClNO. The summed E-state index contributed by atoms with van der Waals surface area (Å²) in [5, 5.41) is 4.13. The van der Waals surface area contributed by atoms with Gasteiger partial charge in [-0.2, -0.15) is 0 Å². The number of nitrogens with one attached hydrogen (secondary N) is 1. The van der Waals surface area contributed by atoms with E-state index in [9.17, 15) is 0 Å². The van der Waals surface area contributed by atoms with Crippen LogP contribution in [-0.4, -0.2) is 12.1 Å². The molecule has 2 aromatic rings. The molecular weight excluding hydrogens is 306 g/mol. The van der Waals surface area contributed by atoms with Crippen molar-refractivity contribution < 1.29 is 4.74 Å². The summed E-state index contributed by atoms with van der Waals surface area (Å²) in [6.07, 6.45) is 2.19. The number of fused-ring (bicyclic) bond motifs is 1. The Morgan fingerprint density at radius 2 is 1.91 bits per heavy atom. The molecule has 2 aromatic carbocycles. The van der Waals surface area contributed by atoms with Gasteiger partial charge in [0, 0.05) is 28.9 Å². The lowest BCUT2D eigenvalue weighted by Crippen LogP contribution is -2.29. The van der Waals surface area contributed by atoms with E-state index in [1.54, 1.807) is 0 Å². The number of hydrogen-bond donors (Lipinski definition) is 1. The average Bonchev–Trinajstić information content (AvgIpc) is 2.48. The van der Waals surface area contributed by atoms with Crippen LogP contribution in [0.5, 0.6) is 5.75 Å². The third kappa shape index (κ3) is 3.23. The van der Waals surface area contributed by atoms with Crippen LogP contribution in [0.3, 0.4) is 0 Å². The van der Waals surface area contributed by atoms with Crippen molar-refractivity contribution in [2.45, 2.75) is 33.3 Å². The molecule has 2 nitrogen and oxygen atoms in total. The molecule has 120 valence electrons. The van der Waals surface area contributed by atoms with E-state index in [2.05, 4.69) is 62.5 Å². The highest BCUT2D eigenvalue weighted by Gasteiger charge is 2.27. The van der Waals surface area contributed by atoms with Crippen molar-refractivity contribution in [3.8, 4) is 5.75 Å². The molecule has 3 rings (SSSR count). The molecule has 3 heteroatoms. The van der Waals surface area contributed by atoms with Gasteiger partial charge >= 0.3 is 0 Å². The van der Waals surface area contributed by atoms with Crippen molar-refractivity contribution in [1.29, 1.82) is 0 Å². The highest BCUT2D eigenvalue weighted by molar-refractivity contribution is 6.31. The van der Waals surface area contributed by atoms with E-state index in [1.807, 2.05) is 13.0 Å². The normalized spacial score (nSPS) is 15.4. The van der Waals surface area contributed by atoms with Crippen LogP contribution >= 0.6 is 11.6 Å². The molecule has 0 saturated carbocycles. The van der Waals surface area contributed by atoms with E-state index < -0.39 is 0 Å². The summed E-state index contributed by atoms with van der Waals surface area (Å²) in [6.45, 7) is 9.18. The van der Waals surface area contributed by atoms with E-state index in [4.69, 9.17) is 16.3 Å². The Bertz CT molecular complexity index is 777. The molecule has 23 heavy (non-hydrogen) atoms. The largest absolute Gasteiger partial charge is 0.483 e. The topological polar surface area (TPSA) is 21.3 Å². The zero-order valence-corrected chi connectivity index (χ0v) is 14.8. The zero-order valence-electron chi connectivity index (χ0n) is 14.0. The van der Waals surface area contributed by atoms with Crippen LogP contribution in [0.2, 0.25) is 5.02 Å². The Labute approximate surface area is 143 Å². The van der Waals surface area contributed by atoms with Crippen LogP contribution in [0.25, 0.3) is 5.57 Å². The van der Waals surface area contributed by atoms with Crippen molar-refractivity contribution in [3.05, 3.63) is 64.2 Å². The Hall–Kier alpha value is -1.93. The third-order valence-electron chi connectivity index (χ3n) is 3.99. The van der Waals surface area contributed by atoms with E-state index >= 15 is 0 Å². The quantitative estimate of drug-likeness (QED) is 0.782. The van der Waals surface area contributed by atoms with Gasteiger partial charge in [0.15, 0.2) is 0 Å². The smallest absolute Gasteiger partial charge is 0.130 e. The molecule has 0 atom stereocenters. The summed E-state index contributed by atoms with van der Waals surface area (Å²) < 4.78 is 6.17. The van der Waals surface area contributed by atoms with Crippen LogP contribution in [-0.2, 0) is 0 Å². The molecule has 1 aliphatic heterocycles. The van der Waals surface area contributed by atoms with Crippen LogP contribution in [0.4, 0.5) is 5.69 Å². The number of benzene rings is 2. The van der Waals surface area contributed by atoms with Crippen LogP contribution < -0.4 is 10.1 Å². The predicted octanol–water partition coefficient (Wildman–Crippen LogP) is 5.68. The molecule has 0 fully saturated rings. The Morgan fingerprint density at radius 1 is 1.13 bits per heavy atom. The van der Waals surface area contributed by atoms with Gasteiger partial charge in [-0.25, -0.2) is 0 Å². The van der Waals surface area contributed by atoms with Gasteiger partial charge in [-0.3, -0.25) is 0 Å². The standard InChI is InChI=1S/C20H22ClNO/c1-5-22-15-7-8-16-17(12-20(3,4)23-19(16)11-15)14-6-9-18(21)13(2)10-14/h6-12,22H,5H2,1-4H3. The molecule has 0 unspecified atom stereocenters. The highest BCUT2D eigenvalue weighted by atomic mass is 35.5. The Morgan fingerprint density at radius 3 is 2.61 bits per heavy atom. The van der Waals surface area contributed by atoms with Crippen molar-refractivity contribution >= 4 is 22.9 Å². The molecule has 0 amide bonds. The number of hydrogen-bond acceptors (Lipinski definition) is 2. The summed E-state index contributed by atoms with van der Waals surface area (Å²) in [5.41, 5.74) is 5.30. The maximum atomic E-state index is 6.18. The lowest BCUT2D eigenvalue weighted by molar-refractivity contribution is 0.158. The number of halogens is 1. The van der Waals surface area contributed by atoms with Crippen molar-refractivity contribution in [2.75, 3.05) is 11.9 Å². The molecule has 0 spiro atoms. The maximum Gasteiger partial charge on any atom is 0.130 e. The van der Waals surface area contributed by atoms with Gasteiger partial charge < -0.3 is 10.1 Å². The molecule has 0 saturated heterocycles. The SMILES string of the molecule is CCNc1ccc2c(c1)OC(C)(C)C=C2c1ccc(Cl)c(C)c1. The van der Waals surface area contributed by atoms with Crippen molar-refractivity contribution in [2.24, 2.45) is 0 Å². The van der Waals surface area contributed by atoms with Crippen LogP contribution in [0, 0.1) is 6.92 Å². The van der Waals surface area contributed by atoms with Gasteiger partial charge in [0.25, 0.3) is 0 Å². The van der Waals surface area contributed by atoms with Crippen LogP contribution in [0.15, 0.2) is 42.5 Å². The molecule has 0 aromatic heterocycles. The predicted molar refractivity (Wildman–Crippen MR) is 98.6 cm³/mol. The average molecular weight is 328 g/mol. The van der Waals surface area contributed by atoms with Gasteiger partial charge in [0.2, 0.25) is 0 Å². The minimum atomic E-state index is -0.347. The van der Waals surface area contributed by atoms with Crippen LogP contribution in [0.1, 0.15) is 37.5 Å². The number of anilines is 1. The van der Waals surface area contributed by atoms with E-state index in [-0.39, 0.29) is 5.60 Å². The summed E-state index contributed by atoms with van der Waals surface area (Å²) in [7, 11) is 0. The number of rotatable bonds is 3. The minimum absolute atomic E-state index is 0.347. The Balaban J connectivity index is 2.12. The molecule has 0 bridgehead atoms. The molecule has 1 heterocycles. The fraction of sp³-hybridized carbons (Fsp3) is 0.300.